The molecule has 3 heterocycles. The van der Waals surface area contributed by atoms with Gasteiger partial charge in [-0.25, -0.2) is 4.98 Å². The minimum absolute atomic E-state index is 0.762. The molecule has 0 radical (unpaired) electrons. The van der Waals surface area contributed by atoms with E-state index >= 15 is 0 Å². The maximum atomic E-state index is 4.45. The van der Waals surface area contributed by atoms with Gasteiger partial charge in [-0.2, -0.15) is 0 Å². The zero-order chi connectivity index (χ0) is 17.1. The predicted octanol–water partition coefficient (Wildman–Crippen LogP) is 3.09. The Kier molecular flexibility index (Phi) is 4.57. The summed E-state index contributed by atoms with van der Waals surface area (Å²) in [5.41, 5.74) is 4.61. The van der Waals surface area contributed by atoms with Gasteiger partial charge in [0.2, 0.25) is 0 Å². The fourth-order valence-corrected chi connectivity index (χ4v) is 3.44. The van der Waals surface area contributed by atoms with Crippen LogP contribution >= 0.6 is 0 Å². The van der Waals surface area contributed by atoms with Crippen molar-refractivity contribution in [3.05, 3.63) is 60.6 Å². The lowest BCUT2D eigenvalue weighted by molar-refractivity contribution is 0.271. The summed E-state index contributed by atoms with van der Waals surface area (Å²) in [6.07, 6.45) is 4.00. The Bertz CT molecular complexity index is 833. The van der Waals surface area contributed by atoms with Gasteiger partial charge in [0.15, 0.2) is 0 Å². The van der Waals surface area contributed by atoms with E-state index in [4.69, 9.17) is 0 Å². The van der Waals surface area contributed by atoms with E-state index in [0.29, 0.717) is 0 Å². The number of hydrogen-bond donors (Lipinski definition) is 1. The second-order valence-corrected chi connectivity index (χ2v) is 6.50. The zero-order valence-corrected chi connectivity index (χ0v) is 14.7. The second kappa shape index (κ2) is 7.15. The third kappa shape index (κ3) is 3.46. The fourth-order valence-electron chi connectivity index (χ4n) is 3.44. The Morgan fingerprint density at radius 1 is 1.04 bits per heavy atom. The molecule has 1 saturated heterocycles. The first-order chi connectivity index (χ1) is 12.3. The lowest BCUT2D eigenvalue weighted by Gasteiger charge is -2.35. The number of fused-ring (bicyclic) bond motifs is 1. The summed E-state index contributed by atoms with van der Waals surface area (Å²) >= 11 is 0. The Morgan fingerprint density at radius 3 is 2.76 bits per heavy atom. The maximum absolute atomic E-state index is 4.45. The SMILES string of the molecule is CCN1CCN(c2cccc(NCc3cnc4ccccn34)c2)CC1. The van der Waals surface area contributed by atoms with Gasteiger partial charge >= 0.3 is 0 Å². The summed E-state index contributed by atoms with van der Waals surface area (Å²) < 4.78 is 2.13. The molecule has 130 valence electrons. The number of hydrogen-bond acceptors (Lipinski definition) is 4. The van der Waals surface area contributed by atoms with E-state index in [9.17, 15) is 0 Å². The summed E-state index contributed by atoms with van der Waals surface area (Å²) in [6.45, 7) is 8.65. The third-order valence-corrected chi connectivity index (χ3v) is 5.00. The van der Waals surface area contributed by atoms with Crippen molar-refractivity contribution < 1.29 is 0 Å². The van der Waals surface area contributed by atoms with Gasteiger partial charge < -0.3 is 19.5 Å². The van der Waals surface area contributed by atoms with Gasteiger partial charge in [-0.3, -0.25) is 0 Å². The topological polar surface area (TPSA) is 35.8 Å². The molecular formula is C20H25N5. The number of benzene rings is 1. The van der Waals surface area contributed by atoms with Crippen LogP contribution in [0.25, 0.3) is 5.65 Å². The van der Waals surface area contributed by atoms with Crippen LogP contribution in [-0.2, 0) is 6.54 Å². The molecule has 0 saturated carbocycles. The van der Waals surface area contributed by atoms with Gasteiger partial charge in [0, 0.05) is 43.8 Å². The molecule has 0 spiro atoms. The van der Waals surface area contributed by atoms with Crippen LogP contribution in [0.3, 0.4) is 0 Å². The van der Waals surface area contributed by atoms with Crippen LogP contribution in [0.15, 0.2) is 54.9 Å². The van der Waals surface area contributed by atoms with Gasteiger partial charge in [-0.1, -0.05) is 19.1 Å². The fraction of sp³-hybridized carbons (Fsp3) is 0.350. The molecule has 0 bridgehead atoms. The van der Waals surface area contributed by atoms with E-state index < -0.39 is 0 Å². The van der Waals surface area contributed by atoms with E-state index in [0.717, 1.165) is 56.3 Å². The average Bonchev–Trinajstić information content (AvgIpc) is 3.10. The molecule has 0 atom stereocenters. The number of likely N-dealkylation sites (N-methyl/N-ethyl adjacent to an activating group) is 1. The Morgan fingerprint density at radius 2 is 1.92 bits per heavy atom. The molecule has 3 aromatic rings. The first-order valence-electron chi connectivity index (χ1n) is 9.05. The molecule has 2 aromatic heterocycles. The number of aromatic nitrogens is 2. The van der Waals surface area contributed by atoms with Crippen LogP contribution in [0, 0.1) is 0 Å². The summed E-state index contributed by atoms with van der Waals surface area (Å²) in [6, 6.07) is 14.8. The van der Waals surface area contributed by atoms with Crippen molar-refractivity contribution in [1.82, 2.24) is 14.3 Å². The normalized spacial score (nSPS) is 15.6. The van der Waals surface area contributed by atoms with Crippen molar-refractivity contribution in [2.45, 2.75) is 13.5 Å². The lowest BCUT2D eigenvalue weighted by atomic mass is 10.2. The smallest absolute Gasteiger partial charge is 0.136 e. The molecule has 25 heavy (non-hydrogen) atoms. The van der Waals surface area contributed by atoms with Crippen LogP contribution in [-0.4, -0.2) is 47.0 Å². The highest BCUT2D eigenvalue weighted by molar-refractivity contribution is 5.58. The van der Waals surface area contributed by atoms with Crippen molar-refractivity contribution in [3.63, 3.8) is 0 Å². The number of imidazole rings is 1. The molecule has 5 nitrogen and oxygen atoms in total. The maximum Gasteiger partial charge on any atom is 0.136 e. The summed E-state index contributed by atoms with van der Waals surface area (Å²) in [5, 5.41) is 3.54. The number of nitrogens with zero attached hydrogens (tertiary/aromatic N) is 4. The van der Waals surface area contributed by atoms with Crippen LogP contribution in [0.4, 0.5) is 11.4 Å². The van der Waals surface area contributed by atoms with Crippen molar-refractivity contribution >= 4 is 17.0 Å². The Labute approximate surface area is 148 Å². The van der Waals surface area contributed by atoms with Crippen molar-refractivity contribution in [3.8, 4) is 0 Å². The van der Waals surface area contributed by atoms with Gasteiger partial charge in [0.25, 0.3) is 0 Å². The van der Waals surface area contributed by atoms with E-state index in [1.807, 2.05) is 24.4 Å². The van der Waals surface area contributed by atoms with Crippen LogP contribution in [0.1, 0.15) is 12.6 Å². The zero-order valence-electron chi connectivity index (χ0n) is 14.7. The number of rotatable bonds is 5. The summed E-state index contributed by atoms with van der Waals surface area (Å²) in [4.78, 5) is 9.43. The summed E-state index contributed by atoms with van der Waals surface area (Å²) in [5.74, 6) is 0. The van der Waals surface area contributed by atoms with Crippen LogP contribution in [0.2, 0.25) is 0 Å². The third-order valence-electron chi connectivity index (χ3n) is 5.00. The van der Waals surface area contributed by atoms with Crippen LogP contribution in [0.5, 0.6) is 0 Å². The first kappa shape index (κ1) is 16.0. The minimum Gasteiger partial charge on any atom is -0.379 e. The molecule has 0 unspecified atom stereocenters. The highest BCUT2D eigenvalue weighted by Crippen LogP contribution is 2.21. The number of nitrogens with one attached hydrogen (secondary N) is 1. The van der Waals surface area contributed by atoms with Gasteiger partial charge in [-0.05, 0) is 36.9 Å². The molecule has 1 N–H and O–H groups in total. The first-order valence-corrected chi connectivity index (χ1v) is 9.05. The molecule has 0 aliphatic carbocycles. The highest BCUT2D eigenvalue weighted by Gasteiger charge is 2.15. The number of piperazine rings is 1. The second-order valence-electron chi connectivity index (χ2n) is 6.50. The monoisotopic (exact) mass is 335 g/mol. The molecule has 1 aliphatic rings. The molecule has 1 fully saturated rings. The van der Waals surface area contributed by atoms with Gasteiger partial charge in [0.1, 0.15) is 5.65 Å². The number of pyridine rings is 1. The highest BCUT2D eigenvalue weighted by atomic mass is 15.3. The van der Waals surface area contributed by atoms with Crippen molar-refractivity contribution in [2.75, 3.05) is 42.9 Å². The Balaban J connectivity index is 1.43. The quantitative estimate of drug-likeness (QED) is 0.777. The van der Waals surface area contributed by atoms with E-state index in [-0.39, 0.29) is 0 Å². The van der Waals surface area contributed by atoms with E-state index in [2.05, 4.69) is 61.9 Å². The van der Waals surface area contributed by atoms with E-state index in [1.165, 1.54) is 5.69 Å². The van der Waals surface area contributed by atoms with Crippen molar-refractivity contribution in [2.24, 2.45) is 0 Å². The van der Waals surface area contributed by atoms with E-state index in [1.54, 1.807) is 0 Å². The molecule has 1 aliphatic heterocycles. The number of anilines is 2. The predicted molar refractivity (Wildman–Crippen MR) is 103 cm³/mol. The molecule has 0 amide bonds. The van der Waals surface area contributed by atoms with Gasteiger partial charge in [-0.15, -0.1) is 0 Å². The largest absolute Gasteiger partial charge is 0.379 e. The molecule has 5 heteroatoms. The Hall–Kier alpha value is -2.53. The standard InChI is InChI=1S/C20H25N5/c1-2-23-10-12-24(13-11-23)18-7-5-6-17(14-18)21-15-19-16-22-20-8-3-4-9-25(19)20/h3-9,14,16,21H,2,10-13,15H2,1H3. The summed E-state index contributed by atoms with van der Waals surface area (Å²) in [7, 11) is 0. The van der Waals surface area contributed by atoms with Crippen molar-refractivity contribution in [1.29, 1.82) is 0 Å². The minimum atomic E-state index is 0.762. The van der Waals surface area contributed by atoms with Gasteiger partial charge in [0.05, 0.1) is 18.4 Å². The molecular weight excluding hydrogens is 310 g/mol. The molecule has 1 aromatic carbocycles. The average molecular weight is 335 g/mol. The molecule has 4 rings (SSSR count). The van der Waals surface area contributed by atoms with Crippen LogP contribution < -0.4 is 10.2 Å². The lowest BCUT2D eigenvalue weighted by Crippen LogP contribution is -2.46.